The molecule has 1 atom stereocenters. The van der Waals surface area contributed by atoms with Crippen LogP contribution >= 0.6 is 11.3 Å². The number of nitrogens with zero attached hydrogens (tertiary/aromatic N) is 4. The lowest BCUT2D eigenvalue weighted by Crippen LogP contribution is -2.43. The highest BCUT2D eigenvalue weighted by Gasteiger charge is 2.39. The van der Waals surface area contributed by atoms with Crippen molar-refractivity contribution < 1.29 is 36.0 Å². The molecule has 3 aromatic heterocycles. The van der Waals surface area contributed by atoms with Crippen LogP contribution in [0.5, 0.6) is 0 Å². The van der Waals surface area contributed by atoms with E-state index in [1.807, 2.05) is 0 Å². The average Bonchev–Trinajstić information content (AvgIpc) is 3.51. The molecular formula is C27H28F3N5O5S2. The van der Waals surface area contributed by atoms with Crippen LogP contribution in [0.3, 0.4) is 0 Å². The van der Waals surface area contributed by atoms with E-state index in [0.29, 0.717) is 33.2 Å². The van der Waals surface area contributed by atoms with Crippen LogP contribution in [-0.4, -0.2) is 51.8 Å². The van der Waals surface area contributed by atoms with Gasteiger partial charge in [0, 0.05) is 23.6 Å². The fourth-order valence-corrected chi connectivity index (χ4v) is 6.96. The second kappa shape index (κ2) is 11.0. The van der Waals surface area contributed by atoms with Gasteiger partial charge in [0.2, 0.25) is 11.7 Å². The Balaban J connectivity index is 1.57. The first-order valence-corrected chi connectivity index (χ1v) is 15.5. The zero-order chi connectivity index (χ0) is 30.4. The summed E-state index contributed by atoms with van der Waals surface area (Å²) >= 11 is 1.26. The van der Waals surface area contributed by atoms with E-state index >= 15 is 0 Å². The second-order valence-corrected chi connectivity index (χ2v) is 13.7. The predicted molar refractivity (Wildman–Crippen MR) is 148 cm³/mol. The van der Waals surface area contributed by atoms with Crippen LogP contribution in [0, 0.1) is 11.3 Å². The minimum Gasteiger partial charge on any atom is -0.481 e. The maximum absolute atomic E-state index is 13.1. The molecule has 0 aliphatic heterocycles. The van der Waals surface area contributed by atoms with E-state index < -0.39 is 38.7 Å². The lowest BCUT2D eigenvalue weighted by Gasteiger charge is -2.24. The zero-order valence-corrected chi connectivity index (χ0v) is 24.5. The number of rotatable bonds is 10. The molecule has 0 bridgehead atoms. The van der Waals surface area contributed by atoms with Crippen LogP contribution in [0.1, 0.15) is 51.6 Å². The number of alkyl halides is 3. The number of pyridine rings is 1. The SMILES string of the molecule is C[C@H](NS(=O)(=O)c1ncc(-c2sc(-c3noc(CC(C)(C)C(=O)O)n3)nc2CC2CCC2)c2ccccc12)C(F)(F)F. The number of nitrogens with one attached hydrogen (secondary N) is 1. The molecule has 42 heavy (non-hydrogen) atoms. The first-order chi connectivity index (χ1) is 19.7. The number of thiazole rings is 1. The quantitative estimate of drug-likeness (QED) is 0.229. The number of hydrogen-bond acceptors (Lipinski definition) is 9. The molecule has 1 aromatic carbocycles. The van der Waals surface area contributed by atoms with E-state index in [0.717, 1.165) is 31.9 Å². The number of benzene rings is 1. The third-order valence-electron chi connectivity index (χ3n) is 7.32. The molecule has 2 N–H and O–H groups in total. The van der Waals surface area contributed by atoms with Gasteiger partial charge in [-0.15, -0.1) is 11.3 Å². The number of carboxylic acids is 1. The molecular weight excluding hydrogens is 595 g/mol. The van der Waals surface area contributed by atoms with E-state index in [9.17, 15) is 31.5 Å². The lowest BCUT2D eigenvalue weighted by atomic mass is 9.82. The first kappa shape index (κ1) is 30.0. The van der Waals surface area contributed by atoms with Gasteiger partial charge in [-0.1, -0.05) is 48.7 Å². The molecule has 1 aliphatic rings. The van der Waals surface area contributed by atoms with Gasteiger partial charge in [0.15, 0.2) is 10.0 Å². The van der Waals surface area contributed by atoms with E-state index in [-0.39, 0.29) is 23.5 Å². The summed E-state index contributed by atoms with van der Waals surface area (Å²) in [5.41, 5.74) is 0.192. The molecule has 1 saturated carbocycles. The van der Waals surface area contributed by atoms with E-state index in [1.165, 1.54) is 23.6 Å². The van der Waals surface area contributed by atoms with Crippen LogP contribution in [0.25, 0.3) is 32.0 Å². The Labute approximate surface area is 243 Å². The van der Waals surface area contributed by atoms with Gasteiger partial charge in [0.1, 0.15) is 6.04 Å². The monoisotopic (exact) mass is 623 g/mol. The van der Waals surface area contributed by atoms with Crippen LogP contribution in [-0.2, 0) is 27.7 Å². The van der Waals surface area contributed by atoms with Crippen molar-refractivity contribution in [1.29, 1.82) is 0 Å². The minimum atomic E-state index is -4.77. The summed E-state index contributed by atoms with van der Waals surface area (Å²) in [6.45, 7) is 3.84. The molecule has 0 radical (unpaired) electrons. The highest BCUT2D eigenvalue weighted by Crippen LogP contribution is 2.42. The molecule has 0 unspecified atom stereocenters. The highest BCUT2D eigenvalue weighted by molar-refractivity contribution is 7.89. The number of aliphatic carboxylic acids is 1. The number of halogens is 3. The van der Waals surface area contributed by atoms with Crippen LogP contribution in [0.15, 0.2) is 40.0 Å². The Morgan fingerprint density at radius 3 is 2.50 bits per heavy atom. The number of aromatic nitrogens is 4. The minimum absolute atomic E-state index is 0.0218. The summed E-state index contributed by atoms with van der Waals surface area (Å²) in [6, 6.07) is 4.18. The van der Waals surface area contributed by atoms with Crippen molar-refractivity contribution in [2.45, 2.75) is 70.1 Å². The summed E-state index contributed by atoms with van der Waals surface area (Å²) in [7, 11) is -4.62. The predicted octanol–water partition coefficient (Wildman–Crippen LogP) is 5.63. The van der Waals surface area contributed by atoms with Crippen molar-refractivity contribution >= 4 is 38.1 Å². The van der Waals surface area contributed by atoms with Crippen molar-refractivity contribution in [3.05, 3.63) is 42.0 Å². The molecule has 0 spiro atoms. The van der Waals surface area contributed by atoms with Crippen molar-refractivity contribution in [3.8, 4) is 21.3 Å². The van der Waals surface area contributed by atoms with Crippen molar-refractivity contribution in [1.82, 2.24) is 24.8 Å². The van der Waals surface area contributed by atoms with Gasteiger partial charge < -0.3 is 9.63 Å². The number of fused-ring (bicyclic) bond motifs is 1. The van der Waals surface area contributed by atoms with E-state index in [2.05, 4.69) is 15.1 Å². The molecule has 4 aromatic rings. The van der Waals surface area contributed by atoms with Gasteiger partial charge in [0.25, 0.3) is 10.0 Å². The smallest absolute Gasteiger partial charge is 0.404 e. The topological polar surface area (TPSA) is 148 Å². The van der Waals surface area contributed by atoms with Gasteiger partial charge in [0.05, 0.1) is 16.0 Å². The fourth-order valence-electron chi connectivity index (χ4n) is 4.55. The largest absolute Gasteiger partial charge is 0.481 e. The van der Waals surface area contributed by atoms with Gasteiger partial charge in [-0.3, -0.25) is 4.79 Å². The Morgan fingerprint density at radius 2 is 1.88 bits per heavy atom. The lowest BCUT2D eigenvalue weighted by molar-refractivity contribution is -0.147. The number of sulfonamides is 1. The van der Waals surface area contributed by atoms with E-state index in [1.54, 1.807) is 36.8 Å². The Hall–Kier alpha value is -3.43. The molecule has 5 rings (SSSR count). The van der Waals surface area contributed by atoms with Gasteiger partial charge in [-0.05, 0) is 38.5 Å². The molecule has 15 heteroatoms. The summed E-state index contributed by atoms with van der Waals surface area (Å²) in [5, 5.41) is 14.0. The molecule has 10 nitrogen and oxygen atoms in total. The molecule has 224 valence electrons. The summed E-state index contributed by atoms with van der Waals surface area (Å²) in [5.74, 6) is -0.242. The maximum atomic E-state index is 13.1. The Morgan fingerprint density at radius 1 is 1.19 bits per heavy atom. The Bertz CT molecular complexity index is 1750. The van der Waals surface area contributed by atoms with Crippen LogP contribution in [0.4, 0.5) is 13.2 Å². The highest BCUT2D eigenvalue weighted by atomic mass is 32.2. The van der Waals surface area contributed by atoms with Gasteiger partial charge in [-0.2, -0.15) is 22.9 Å². The standard InChI is InChI=1S/C27H28F3N5O5S2/c1-14(27(28,29)30)35-42(38,39)24-17-10-5-4-9-16(17)18(13-31-24)21-19(11-15-7-6-8-15)32-23(41-21)22-33-20(40-34-22)12-26(2,3)25(36)37/h4-5,9-10,13-15,35H,6-8,11-12H2,1-3H3,(H,36,37)/t14-/m0/s1. The molecule has 3 heterocycles. The van der Waals surface area contributed by atoms with Gasteiger partial charge >= 0.3 is 12.1 Å². The van der Waals surface area contributed by atoms with Gasteiger partial charge in [-0.25, -0.2) is 18.4 Å². The summed E-state index contributed by atoms with van der Waals surface area (Å²) in [4.78, 5) is 25.6. The fraction of sp³-hybridized carbons (Fsp3) is 0.444. The van der Waals surface area contributed by atoms with Crippen molar-refractivity contribution in [2.75, 3.05) is 0 Å². The summed E-state index contributed by atoms with van der Waals surface area (Å²) in [6.07, 6.45) is 0.454. The van der Waals surface area contributed by atoms with Crippen molar-refractivity contribution in [2.24, 2.45) is 11.3 Å². The van der Waals surface area contributed by atoms with Crippen LogP contribution < -0.4 is 4.72 Å². The molecule has 0 saturated heterocycles. The maximum Gasteiger partial charge on any atom is 0.404 e. The first-order valence-electron chi connectivity index (χ1n) is 13.2. The van der Waals surface area contributed by atoms with Crippen LogP contribution in [0.2, 0.25) is 0 Å². The van der Waals surface area contributed by atoms with E-state index in [4.69, 9.17) is 9.51 Å². The summed E-state index contributed by atoms with van der Waals surface area (Å²) < 4.78 is 72.4. The number of carboxylic acid groups (broad SMARTS) is 1. The molecule has 0 amide bonds. The average molecular weight is 624 g/mol. The van der Waals surface area contributed by atoms with Crippen molar-refractivity contribution in [3.63, 3.8) is 0 Å². The third-order valence-corrected chi connectivity index (χ3v) is 9.94. The Kier molecular flexibility index (Phi) is 7.87. The number of hydrogen-bond donors (Lipinski definition) is 2. The number of carbonyl (C=O) groups is 1. The third kappa shape index (κ3) is 6.03. The molecule has 1 aliphatic carbocycles. The zero-order valence-electron chi connectivity index (χ0n) is 22.9. The molecule has 1 fully saturated rings. The normalized spacial score (nSPS) is 15.6. The second-order valence-electron chi connectivity index (χ2n) is 11.1.